The molecule has 3 N–H and O–H groups in total. The van der Waals surface area contributed by atoms with Crippen molar-refractivity contribution in [2.24, 2.45) is 0 Å². The number of aromatic carboxylic acids is 1. The predicted molar refractivity (Wildman–Crippen MR) is 41.2 cm³/mol. The van der Waals surface area contributed by atoms with E-state index in [1.54, 1.807) is 0 Å². The average Bonchev–Trinajstić information content (AvgIpc) is 2.10. The highest BCUT2D eigenvalue weighted by Crippen LogP contribution is 2.25. The van der Waals surface area contributed by atoms with Gasteiger partial charge in [0.05, 0.1) is 0 Å². The Morgan fingerprint density at radius 2 is 2.40 bits per heavy atom. The summed E-state index contributed by atoms with van der Waals surface area (Å²) in [4.78, 5) is 13.9. The smallest absolute Gasteiger partial charge is 0.356 e. The topological polar surface area (TPSA) is 76.2 Å². The zero-order valence-electron chi connectivity index (χ0n) is 4.67. The van der Waals surface area contributed by atoms with E-state index in [4.69, 9.17) is 10.8 Å². The highest BCUT2D eigenvalue weighted by Gasteiger charge is 2.12. The molecule has 0 aliphatic heterocycles. The van der Waals surface area contributed by atoms with Crippen LogP contribution in [0.25, 0.3) is 0 Å². The molecule has 0 aliphatic rings. The number of halogens is 1. The van der Waals surface area contributed by atoms with Crippen LogP contribution in [0.1, 0.15) is 10.5 Å². The van der Waals surface area contributed by atoms with Crippen molar-refractivity contribution < 1.29 is 9.90 Å². The van der Waals surface area contributed by atoms with E-state index in [-0.39, 0.29) is 10.8 Å². The second kappa shape index (κ2) is 2.55. The monoisotopic (exact) mass is 222 g/mol. The summed E-state index contributed by atoms with van der Waals surface area (Å²) < 4.78 is 0.456. The summed E-state index contributed by atoms with van der Waals surface area (Å²) in [6, 6.07) is 0. The first kappa shape index (κ1) is 7.49. The average molecular weight is 223 g/mol. The lowest BCUT2D eigenvalue weighted by atomic mass is 10.5. The van der Waals surface area contributed by atoms with Gasteiger partial charge in [-0.25, -0.2) is 9.78 Å². The van der Waals surface area contributed by atoms with E-state index >= 15 is 0 Å². The molecule has 1 heterocycles. The van der Waals surface area contributed by atoms with E-state index in [1.807, 2.05) is 0 Å². The Kier molecular flexibility index (Phi) is 1.91. The van der Waals surface area contributed by atoms with Gasteiger partial charge in [0.2, 0.25) is 0 Å². The summed E-state index contributed by atoms with van der Waals surface area (Å²) in [5, 5.41) is 8.69. The molecule has 0 aromatic carbocycles. The van der Waals surface area contributed by atoms with Gasteiger partial charge in [0.25, 0.3) is 0 Å². The summed E-state index contributed by atoms with van der Waals surface area (Å²) in [7, 11) is 0. The summed E-state index contributed by atoms with van der Waals surface area (Å²) in [5.74, 6) is -1.07. The fourth-order valence-electron chi connectivity index (χ4n) is 0.449. The van der Waals surface area contributed by atoms with Crippen LogP contribution in [0.4, 0.5) is 5.13 Å². The summed E-state index contributed by atoms with van der Waals surface area (Å²) >= 11 is 4.11. The second-order valence-electron chi connectivity index (χ2n) is 1.48. The van der Waals surface area contributed by atoms with E-state index in [9.17, 15) is 4.79 Å². The van der Waals surface area contributed by atoms with Gasteiger partial charge < -0.3 is 10.8 Å². The van der Waals surface area contributed by atoms with Crippen molar-refractivity contribution in [3.05, 3.63) is 9.48 Å². The van der Waals surface area contributed by atoms with Crippen LogP contribution in [0.2, 0.25) is 0 Å². The van der Waals surface area contributed by atoms with Gasteiger partial charge in [-0.15, -0.1) is 0 Å². The first-order valence-corrected chi connectivity index (χ1v) is 3.87. The van der Waals surface area contributed by atoms with Gasteiger partial charge >= 0.3 is 5.97 Å². The van der Waals surface area contributed by atoms with Crippen molar-refractivity contribution in [3.63, 3.8) is 0 Å². The van der Waals surface area contributed by atoms with Gasteiger partial charge in [0, 0.05) is 0 Å². The molecule has 0 radical (unpaired) electrons. The van der Waals surface area contributed by atoms with Crippen molar-refractivity contribution >= 4 is 38.4 Å². The van der Waals surface area contributed by atoms with Crippen molar-refractivity contribution in [2.45, 2.75) is 0 Å². The molecule has 1 aromatic rings. The standard InChI is InChI=1S/C4H3BrN2O2S/c5-2-1(3(8)9)7-4(6)10-2/h(H2,6,7)(H,8,9). The van der Waals surface area contributed by atoms with Gasteiger partial charge in [-0.05, 0) is 15.9 Å². The normalized spacial score (nSPS) is 9.70. The van der Waals surface area contributed by atoms with Crippen molar-refractivity contribution in [1.29, 1.82) is 0 Å². The maximum atomic E-state index is 10.3. The number of nitrogens with zero attached hydrogens (tertiary/aromatic N) is 1. The van der Waals surface area contributed by atoms with Crippen LogP contribution in [-0.4, -0.2) is 16.1 Å². The van der Waals surface area contributed by atoms with Crippen molar-refractivity contribution in [3.8, 4) is 0 Å². The van der Waals surface area contributed by atoms with E-state index < -0.39 is 5.97 Å². The van der Waals surface area contributed by atoms with Gasteiger partial charge in [-0.3, -0.25) is 0 Å². The number of hydrogen-bond donors (Lipinski definition) is 2. The lowest BCUT2D eigenvalue weighted by Gasteiger charge is -1.82. The van der Waals surface area contributed by atoms with Crippen molar-refractivity contribution in [2.75, 3.05) is 5.73 Å². The van der Waals surface area contributed by atoms with E-state index in [0.29, 0.717) is 3.79 Å². The molecule has 0 atom stereocenters. The summed E-state index contributed by atoms with van der Waals surface area (Å²) in [5.41, 5.74) is 5.21. The lowest BCUT2D eigenvalue weighted by molar-refractivity contribution is 0.0690. The molecule has 0 spiro atoms. The fraction of sp³-hybridized carbons (Fsp3) is 0. The number of rotatable bonds is 1. The summed E-state index contributed by atoms with van der Waals surface area (Å²) in [6.07, 6.45) is 0. The lowest BCUT2D eigenvalue weighted by Crippen LogP contribution is -1.97. The Balaban J connectivity index is 3.15. The number of nitrogens with two attached hydrogens (primary N) is 1. The van der Waals surface area contributed by atoms with Crippen LogP contribution in [0.5, 0.6) is 0 Å². The number of hydrogen-bond acceptors (Lipinski definition) is 4. The molecule has 0 aliphatic carbocycles. The molecular weight excluding hydrogens is 220 g/mol. The Labute approximate surface area is 68.8 Å². The Hall–Kier alpha value is -0.620. The molecule has 1 rings (SSSR count). The van der Waals surface area contributed by atoms with E-state index in [2.05, 4.69) is 20.9 Å². The number of carboxylic acid groups (broad SMARTS) is 1. The van der Waals surface area contributed by atoms with Crippen LogP contribution in [0.3, 0.4) is 0 Å². The van der Waals surface area contributed by atoms with Crippen LogP contribution < -0.4 is 5.73 Å². The molecule has 0 fully saturated rings. The molecule has 0 bridgehead atoms. The van der Waals surface area contributed by atoms with Crippen LogP contribution >= 0.6 is 27.3 Å². The van der Waals surface area contributed by atoms with Gasteiger partial charge in [0.1, 0.15) is 3.79 Å². The zero-order chi connectivity index (χ0) is 7.72. The maximum Gasteiger partial charge on any atom is 0.356 e. The van der Waals surface area contributed by atoms with Crippen LogP contribution in [0.15, 0.2) is 3.79 Å². The third kappa shape index (κ3) is 1.27. The largest absolute Gasteiger partial charge is 0.476 e. The number of carboxylic acids is 1. The number of thiazole rings is 1. The van der Waals surface area contributed by atoms with E-state index in [1.165, 1.54) is 0 Å². The van der Waals surface area contributed by atoms with Gasteiger partial charge in [-0.1, -0.05) is 11.3 Å². The quantitative estimate of drug-likeness (QED) is 0.749. The number of anilines is 1. The van der Waals surface area contributed by atoms with Crippen LogP contribution in [0, 0.1) is 0 Å². The minimum Gasteiger partial charge on any atom is -0.476 e. The molecule has 1 aromatic heterocycles. The Morgan fingerprint density at radius 1 is 1.80 bits per heavy atom. The third-order valence-corrected chi connectivity index (χ3v) is 2.34. The molecular formula is C4H3BrN2O2S. The Morgan fingerprint density at radius 3 is 2.60 bits per heavy atom. The minimum atomic E-state index is -1.07. The fourth-order valence-corrected chi connectivity index (χ4v) is 1.75. The molecule has 0 amide bonds. The highest BCUT2D eigenvalue weighted by atomic mass is 79.9. The SMILES string of the molecule is Nc1nc(C(=O)O)c(Br)s1. The number of nitrogen functional groups attached to an aromatic ring is 1. The molecule has 0 unspecified atom stereocenters. The molecule has 6 heteroatoms. The van der Waals surface area contributed by atoms with Gasteiger partial charge in [0.15, 0.2) is 10.8 Å². The molecule has 0 saturated heterocycles. The third-order valence-electron chi connectivity index (χ3n) is 0.805. The van der Waals surface area contributed by atoms with Crippen molar-refractivity contribution in [1.82, 2.24) is 4.98 Å². The van der Waals surface area contributed by atoms with Gasteiger partial charge in [-0.2, -0.15) is 0 Å². The maximum absolute atomic E-state index is 10.3. The predicted octanol–water partition coefficient (Wildman–Crippen LogP) is 1.19. The Bertz CT molecular complexity index is 272. The minimum absolute atomic E-state index is 0.0255. The molecule has 54 valence electrons. The van der Waals surface area contributed by atoms with Crippen LogP contribution in [-0.2, 0) is 0 Å². The number of carbonyl (C=O) groups is 1. The number of aromatic nitrogens is 1. The first-order chi connectivity index (χ1) is 4.61. The summed E-state index contributed by atoms with van der Waals surface area (Å²) in [6.45, 7) is 0. The van der Waals surface area contributed by atoms with E-state index in [0.717, 1.165) is 11.3 Å². The first-order valence-electron chi connectivity index (χ1n) is 2.26. The zero-order valence-corrected chi connectivity index (χ0v) is 7.07. The molecule has 10 heavy (non-hydrogen) atoms. The molecule has 4 nitrogen and oxygen atoms in total. The highest BCUT2D eigenvalue weighted by molar-refractivity contribution is 9.11. The molecule has 0 saturated carbocycles. The second-order valence-corrected chi connectivity index (χ2v) is 3.83.